The molecule has 0 unspecified atom stereocenters. The lowest BCUT2D eigenvalue weighted by Gasteiger charge is -2.13. The topological polar surface area (TPSA) is 69.7 Å². The molecule has 0 saturated heterocycles. The van der Waals surface area contributed by atoms with Gasteiger partial charge in [-0.3, -0.25) is 9.78 Å². The average Bonchev–Trinajstić information content (AvgIpc) is 2.77. The van der Waals surface area contributed by atoms with Gasteiger partial charge in [0.15, 0.2) is 11.5 Å². The first kappa shape index (κ1) is 20.2. The number of rotatable bonds is 9. The molecule has 29 heavy (non-hydrogen) atoms. The van der Waals surface area contributed by atoms with E-state index in [-0.39, 0.29) is 5.91 Å². The summed E-state index contributed by atoms with van der Waals surface area (Å²) in [4.78, 5) is 16.6. The molecular weight excluding hydrogens is 368 g/mol. The van der Waals surface area contributed by atoms with Crippen molar-refractivity contribution >= 4 is 11.6 Å². The molecule has 0 bridgehead atoms. The van der Waals surface area contributed by atoms with Crippen LogP contribution in [-0.4, -0.2) is 24.6 Å². The van der Waals surface area contributed by atoms with E-state index in [2.05, 4.69) is 10.3 Å². The Morgan fingerprint density at radius 2 is 1.83 bits per heavy atom. The second kappa shape index (κ2) is 10.1. The molecule has 0 aliphatic carbocycles. The molecule has 0 atom stereocenters. The lowest BCUT2D eigenvalue weighted by Crippen LogP contribution is -2.12. The molecule has 150 valence electrons. The van der Waals surface area contributed by atoms with Crippen LogP contribution in [0.15, 0.2) is 67.0 Å². The number of carbonyl (C=O) groups excluding carboxylic acids is 1. The van der Waals surface area contributed by atoms with Gasteiger partial charge in [-0.05, 0) is 54.4 Å². The lowest BCUT2D eigenvalue weighted by molar-refractivity contribution is 0.102. The average molecular weight is 392 g/mol. The summed E-state index contributed by atoms with van der Waals surface area (Å²) in [7, 11) is 1.58. The van der Waals surface area contributed by atoms with Crippen LogP contribution in [0.2, 0.25) is 0 Å². The summed E-state index contributed by atoms with van der Waals surface area (Å²) in [5, 5.41) is 2.89. The predicted molar refractivity (Wildman–Crippen MR) is 112 cm³/mol. The van der Waals surface area contributed by atoms with Crippen molar-refractivity contribution in [2.45, 2.75) is 20.0 Å². The van der Waals surface area contributed by atoms with Crippen LogP contribution >= 0.6 is 0 Å². The minimum Gasteiger partial charge on any atom is -0.494 e. The van der Waals surface area contributed by atoms with Crippen LogP contribution in [0.5, 0.6) is 17.2 Å². The van der Waals surface area contributed by atoms with E-state index in [0.717, 1.165) is 12.0 Å². The molecule has 0 aliphatic heterocycles. The van der Waals surface area contributed by atoms with Crippen molar-refractivity contribution in [2.24, 2.45) is 0 Å². The Bertz CT molecular complexity index is 945. The molecule has 0 aliphatic rings. The zero-order chi connectivity index (χ0) is 20.5. The van der Waals surface area contributed by atoms with Gasteiger partial charge in [0.25, 0.3) is 5.91 Å². The molecule has 1 amide bonds. The maximum absolute atomic E-state index is 12.6. The number of hydrogen-bond acceptors (Lipinski definition) is 5. The van der Waals surface area contributed by atoms with Crippen molar-refractivity contribution in [3.8, 4) is 17.2 Å². The number of ether oxygens (including phenoxy) is 3. The van der Waals surface area contributed by atoms with Crippen LogP contribution < -0.4 is 19.5 Å². The smallest absolute Gasteiger partial charge is 0.255 e. The molecule has 6 heteroatoms. The van der Waals surface area contributed by atoms with E-state index < -0.39 is 0 Å². The highest BCUT2D eigenvalue weighted by molar-refractivity contribution is 6.04. The summed E-state index contributed by atoms with van der Waals surface area (Å²) in [6.45, 7) is 3.02. The van der Waals surface area contributed by atoms with Gasteiger partial charge in [0.2, 0.25) is 0 Å². The van der Waals surface area contributed by atoms with Gasteiger partial charge in [0, 0.05) is 29.7 Å². The number of anilines is 1. The molecule has 1 aromatic heterocycles. The third-order valence-electron chi connectivity index (χ3n) is 4.13. The molecule has 6 nitrogen and oxygen atoms in total. The maximum Gasteiger partial charge on any atom is 0.255 e. The third kappa shape index (κ3) is 5.72. The highest BCUT2D eigenvalue weighted by Gasteiger charge is 2.11. The highest BCUT2D eigenvalue weighted by Crippen LogP contribution is 2.31. The van der Waals surface area contributed by atoms with Gasteiger partial charge in [-0.25, -0.2) is 0 Å². The Morgan fingerprint density at radius 1 is 1.00 bits per heavy atom. The van der Waals surface area contributed by atoms with Crippen LogP contribution in [0.3, 0.4) is 0 Å². The summed E-state index contributed by atoms with van der Waals surface area (Å²) >= 11 is 0. The SMILES string of the molecule is CCCOc1cccc(C(=O)Nc2ccc(OC)c(OCc3ccncc3)c2)c1. The van der Waals surface area contributed by atoms with Crippen LogP contribution in [0.25, 0.3) is 0 Å². The zero-order valence-electron chi connectivity index (χ0n) is 16.6. The minimum absolute atomic E-state index is 0.225. The Balaban J connectivity index is 1.71. The fourth-order valence-electron chi connectivity index (χ4n) is 2.66. The summed E-state index contributed by atoms with van der Waals surface area (Å²) in [6.07, 6.45) is 4.33. The molecule has 0 saturated carbocycles. The van der Waals surface area contributed by atoms with Crippen molar-refractivity contribution in [3.05, 3.63) is 78.1 Å². The summed E-state index contributed by atoms with van der Waals surface area (Å²) < 4.78 is 16.8. The first-order valence-corrected chi connectivity index (χ1v) is 9.43. The number of amides is 1. The van der Waals surface area contributed by atoms with Crippen molar-refractivity contribution in [3.63, 3.8) is 0 Å². The monoisotopic (exact) mass is 392 g/mol. The van der Waals surface area contributed by atoms with Gasteiger partial charge >= 0.3 is 0 Å². The van der Waals surface area contributed by atoms with E-state index in [0.29, 0.717) is 41.7 Å². The molecule has 3 rings (SSSR count). The molecule has 1 heterocycles. The van der Waals surface area contributed by atoms with Gasteiger partial charge in [0.05, 0.1) is 13.7 Å². The number of aromatic nitrogens is 1. The molecular formula is C23H24N2O4. The number of carbonyl (C=O) groups is 1. The van der Waals surface area contributed by atoms with Crippen LogP contribution in [0.1, 0.15) is 29.3 Å². The normalized spacial score (nSPS) is 10.3. The van der Waals surface area contributed by atoms with Crippen molar-refractivity contribution in [1.82, 2.24) is 4.98 Å². The van der Waals surface area contributed by atoms with Gasteiger partial charge in [0.1, 0.15) is 12.4 Å². The van der Waals surface area contributed by atoms with E-state index in [1.165, 1.54) is 0 Å². The van der Waals surface area contributed by atoms with E-state index in [4.69, 9.17) is 14.2 Å². The Kier molecular flexibility index (Phi) is 7.05. The van der Waals surface area contributed by atoms with Gasteiger partial charge in [-0.1, -0.05) is 13.0 Å². The quantitative estimate of drug-likeness (QED) is 0.571. The Labute approximate surface area is 170 Å². The fraction of sp³-hybridized carbons (Fsp3) is 0.217. The van der Waals surface area contributed by atoms with Gasteiger partial charge in [-0.15, -0.1) is 0 Å². The van der Waals surface area contributed by atoms with Crippen LogP contribution in [-0.2, 0) is 6.61 Å². The van der Waals surface area contributed by atoms with Crippen molar-refractivity contribution in [2.75, 3.05) is 19.0 Å². The fourth-order valence-corrected chi connectivity index (χ4v) is 2.66. The Morgan fingerprint density at radius 3 is 2.59 bits per heavy atom. The number of nitrogens with zero attached hydrogens (tertiary/aromatic N) is 1. The van der Waals surface area contributed by atoms with E-state index in [1.807, 2.05) is 25.1 Å². The standard InChI is InChI=1S/C23H24N2O4/c1-3-13-28-20-6-4-5-18(14-20)23(26)25-19-7-8-21(27-2)22(15-19)29-16-17-9-11-24-12-10-17/h4-12,14-15H,3,13,16H2,1-2H3,(H,25,26). The second-order valence-corrected chi connectivity index (χ2v) is 6.34. The number of nitrogens with one attached hydrogen (secondary N) is 1. The molecule has 2 aromatic carbocycles. The maximum atomic E-state index is 12.6. The molecule has 3 aromatic rings. The number of hydrogen-bond donors (Lipinski definition) is 1. The van der Waals surface area contributed by atoms with Gasteiger partial charge in [-0.2, -0.15) is 0 Å². The number of benzene rings is 2. The number of methoxy groups -OCH3 is 1. The largest absolute Gasteiger partial charge is 0.494 e. The van der Waals surface area contributed by atoms with E-state index in [1.54, 1.807) is 55.9 Å². The van der Waals surface area contributed by atoms with Gasteiger partial charge < -0.3 is 19.5 Å². The zero-order valence-corrected chi connectivity index (χ0v) is 16.6. The summed E-state index contributed by atoms with van der Waals surface area (Å²) in [5.74, 6) is 1.59. The third-order valence-corrected chi connectivity index (χ3v) is 4.13. The summed E-state index contributed by atoms with van der Waals surface area (Å²) in [5.41, 5.74) is 2.12. The number of pyridine rings is 1. The van der Waals surface area contributed by atoms with E-state index in [9.17, 15) is 4.79 Å². The first-order chi connectivity index (χ1) is 14.2. The lowest BCUT2D eigenvalue weighted by atomic mass is 10.2. The molecule has 0 spiro atoms. The highest BCUT2D eigenvalue weighted by atomic mass is 16.5. The van der Waals surface area contributed by atoms with Crippen LogP contribution in [0.4, 0.5) is 5.69 Å². The molecule has 0 fully saturated rings. The molecule has 1 N–H and O–H groups in total. The van der Waals surface area contributed by atoms with E-state index >= 15 is 0 Å². The van der Waals surface area contributed by atoms with Crippen molar-refractivity contribution in [1.29, 1.82) is 0 Å². The minimum atomic E-state index is -0.225. The van der Waals surface area contributed by atoms with Crippen molar-refractivity contribution < 1.29 is 19.0 Å². The Hall–Kier alpha value is -3.54. The first-order valence-electron chi connectivity index (χ1n) is 9.43. The molecule has 0 radical (unpaired) electrons. The summed E-state index contributed by atoms with van der Waals surface area (Å²) in [6, 6.07) is 16.2. The predicted octanol–water partition coefficient (Wildman–Crippen LogP) is 4.71. The second-order valence-electron chi connectivity index (χ2n) is 6.34. The van der Waals surface area contributed by atoms with Crippen LogP contribution in [0, 0.1) is 0 Å².